The molecule has 0 aliphatic carbocycles. The van der Waals surface area contributed by atoms with Crippen molar-refractivity contribution in [2.45, 2.75) is 6.42 Å². The normalized spacial score (nSPS) is 9.90. The van der Waals surface area contributed by atoms with Gasteiger partial charge in [0.15, 0.2) is 0 Å². The number of methoxy groups -OCH3 is 1. The van der Waals surface area contributed by atoms with E-state index in [9.17, 15) is 9.59 Å². The second-order valence-electron chi connectivity index (χ2n) is 4.21. The Balaban J connectivity index is 2.41. The molecule has 6 heteroatoms. The number of carbonyl (C=O) groups is 2. The molecule has 0 radical (unpaired) electrons. The fraction of sp³-hybridized carbons (Fsp3) is 0.429. The van der Waals surface area contributed by atoms with Gasteiger partial charge < -0.3 is 20.7 Å². The smallest absolute Gasteiger partial charge is 0.251 e. The van der Waals surface area contributed by atoms with Crippen LogP contribution in [0.25, 0.3) is 0 Å². The van der Waals surface area contributed by atoms with Crippen molar-refractivity contribution in [2.24, 2.45) is 0 Å². The van der Waals surface area contributed by atoms with Crippen molar-refractivity contribution in [3.8, 4) is 0 Å². The van der Waals surface area contributed by atoms with Gasteiger partial charge in [0.1, 0.15) is 0 Å². The average Bonchev–Trinajstić information content (AvgIpc) is 2.49. The monoisotopic (exact) mass is 279 g/mol. The molecule has 0 aliphatic heterocycles. The predicted molar refractivity (Wildman–Crippen MR) is 77.8 cm³/mol. The highest BCUT2D eigenvalue weighted by atomic mass is 16.5. The third-order valence-corrected chi connectivity index (χ3v) is 2.69. The molecule has 0 saturated heterocycles. The minimum Gasteiger partial charge on any atom is -0.385 e. The first-order valence-corrected chi connectivity index (χ1v) is 6.49. The van der Waals surface area contributed by atoms with E-state index in [1.165, 1.54) is 0 Å². The number of nitrogens with one attached hydrogen (secondary N) is 3. The van der Waals surface area contributed by atoms with Crippen molar-refractivity contribution < 1.29 is 14.3 Å². The lowest BCUT2D eigenvalue weighted by atomic mass is 10.2. The maximum absolute atomic E-state index is 11.8. The Labute approximate surface area is 118 Å². The number of likely N-dealkylation sites (N-methyl/N-ethyl adjacent to an activating group) is 1. The van der Waals surface area contributed by atoms with Crippen LogP contribution in [0.15, 0.2) is 24.3 Å². The van der Waals surface area contributed by atoms with E-state index in [4.69, 9.17) is 4.74 Å². The van der Waals surface area contributed by atoms with Crippen LogP contribution in [0.5, 0.6) is 0 Å². The third kappa shape index (κ3) is 5.71. The van der Waals surface area contributed by atoms with Crippen LogP contribution in [-0.4, -0.2) is 45.7 Å². The zero-order chi connectivity index (χ0) is 14.8. The van der Waals surface area contributed by atoms with E-state index < -0.39 is 0 Å². The van der Waals surface area contributed by atoms with Crippen molar-refractivity contribution in [2.75, 3.05) is 39.2 Å². The summed E-state index contributed by atoms with van der Waals surface area (Å²) in [6, 6.07) is 6.98. The van der Waals surface area contributed by atoms with Gasteiger partial charge >= 0.3 is 0 Å². The van der Waals surface area contributed by atoms with Crippen LogP contribution >= 0.6 is 0 Å². The lowest BCUT2D eigenvalue weighted by Gasteiger charge is -2.07. The maximum Gasteiger partial charge on any atom is 0.251 e. The molecule has 0 bridgehead atoms. The van der Waals surface area contributed by atoms with Gasteiger partial charge in [-0.15, -0.1) is 0 Å². The first kappa shape index (κ1) is 16.0. The summed E-state index contributed by atoms with van der Waals surface area (Å²) in [5.41, 5.74) is 1.39. The molecule has 2 amide bonds. The minimum absolute atomic E-state index is 0.0926. The number of rotatable bonds is 8. The Morgan fingerprint density at radius 2 is 1.90 bits per heavy atom. The summed E-state index contributed by atoms with van der Waals surface area (Å²) >= 11 is 0. The Morgan fingerprint density at radius 3 is 2.50 bits per heavy atom. The van der Waals surface area contributed by atoms with Gasteiger partial charge in [-0.2, -0.15) is 0 Å². The lowest BCUT2D eigenvalue weighted by molar-refractivity contribution is -0.118. The molecule has 0 unspecified atom stereocenters. The first-order valence-electron chi connectivity index (χ1n) is 6.49. The number of hydrogen-bond acceptors (Lipinski definition) is 4. The highest BCUT2D eigenvalue weighted by Gasteiger charge is 2.04. The molecule has 0 heterocycles. The van der Waals surface area contributed by atoms with Gasteiger partial charge in [-0.25, -0.2) is 0 Å². The van der Waals surface area contributed by atoms with E-state index in [0.717, 1.165) is 12.1 Å². The Hall–Kier alpha value is -2.08. The summed E-state index contributed by atoms with van der Waals surface area (Å²) in [6.07, 6.45) is 0.786. The van der Waals surface area contributed by atoms with Gasteiger partial charge in [0.25, 0.3) is 5.91 Å². The number of hydrogen-bond donors (Lipinski definition) is 3. The van der Waals surface area contributed by atoms with E-state index in [1.54, 1.807) is 38.4 Å². The molecule has 0 aromatic heterocycles. The van der Waals surface area contributed by atoms with Gasteiger partial charge in [0, 0.05) is 38.6 Å². The number of anilines is 1. The van der Waals surface area contributed by atoms with Crippen molar-refractivity contribution in [3.05, 3.63) is 29.8 Å². The summed E-state index contributed by atoms with van der Waals surface area (Å²) in [6.45, 7) is 1.42. The summed E-state index contributed by atoms with van der Waals surface area (Å²) in [4.78, 5) is 22.9. The number of ether oxygens (including phenoxy) is 1. The fourth-order valence-corrected chi connectivity index (χ4v) is 1.53. The van der Waals surface area contributed by atoms with E-state index in [1.807, 2.05) is 0 Å². The number of amides is 2. The SMILES string of the molecule is CNC(=O)CNc1ccc(C(=O)NCCCOC)cc1. The van der Waals surface area contributed by atoms with Crippen LogP contribution in [0.2, 0.25) is 0 Å². The highest BCUT2D eigenvalue weighted by molar-refractivity contribution is 5.94. The number of benzene rings is 1. The summed E-state index contributed by atoms with van der Waals surface area (Å²) in [5.74, 6) is -0.205. The summed E-state index contributed by atoms with van der Waals surface area (Å²) < 4.78 is 4.91. The molecular formula is C14H21N3O3. The molecule has 0 spiro atoms. The van der Waals surface area contributed by atoms with Crippen molar-refractivity contribution in [3.63, 3.8) is 0 Å². The molecule has 0 fully saturated rings. The number of carbonyl (C=O) groups excluding carboxylic acids is 2. The largest absolute Gasteiger partial charge is 0.385 e. The van der Waals surface area contributed by atoms with Crippen molar-refractivity contribution in [1.82, 2.24) is 10.6 Å². The van der Waals surface area contributed by atoms with E-state index >= 15 is 0 Å². The molecule has 110 valence electrons. The second-order valence-corrected chi connectivity index (χ2v) is 4.21. The molecule has 1 aromatic rings. The summed E-state index contributed by atoms with van der Waals surface area (Å²) in [5, 5.41) is 8.29. The lowest BCUT2D eigenvalue weighted by Crippen LogP contribution is -2.26. The fourth-order valence-electron chi connectivity index (χ4n) is 1.53. The maximum atomic E-state index is 11.8. The van der Waals surface area contributed by atoms with Gasteiger partial charge in [0.2, 0.25) is 5.91 Å². The topological polar surface area (TPSA) is 79.5 Å². The molecular weight excluding hydrogens is 258 g/mol. The molecule has 0 atom stereocenters. The third-order valence-electron chi connectivity index (χ3n) is 2.69. The van der Waals surface area contributed by atoms with Crippen LogP contribution in [0.3, 0.4) is 0 Å². The van der Waals surface area contributed by atoms with Crippen molar-refractivity contribution >= 4 is 17.5 Å². The molecule has 0 saturated carbocycles. The molecule has 3 N–H and O–H groups in total. The Morgan fingerprint density at radius 1 is 1.20 bits per heavy atom. The van der Waals surface area contributed by atoms with E-state index in [-0.39, 0.29) is 18.4 Å². The van der Waals surface area contributed by atoms with E-state index in [0.29, 0.717) is 18.7 Å². The first-order chi connectivity index (χ1) is 9.67. The van der Waals surface area contributed by atoms with E-state index in [2.05, 4.69) is 16.0 Å². The van der Waals surface area contributed by atoms with Crippen LogP contribution in [0.4, 0.5) is 5.69 Å². The Bertz CT molecular complexity index is 432. The zero-order valence-corrected chi connectivity index (χ0v) is 11.9. The zero-order valence-electron chi connectivity index (χ0n) is 11.9. The van der Waals surface area contributed by atoms with Crippen LogP contribution in [-0.2, 0) is 9.53 Å². The Kier molecular flexibility index (Phi) is 7.13. The molecule has 0 aliphatic rings. The quantitative estimate of drug-likeness (QED) is 0.609. The van der Waals surface area contributed by atoms with Gasteiger partial charge in [-0.3, -0.25) is 9.59 Å². The highest BCUT2D eigenvalue weighted by Crippen LogP contribution is 2.09. The average molecular weight is 279 g/mol. The molecule has 1 aromatic carbocycles. The minimum atomic E-state index is -0.112. The van der Waals surface area contributed by atoms with Crippen LogP contribution < -0.4 is 16.0 Å². The van der Waals surface area contributed by atoms with Crippen molar-refractivity contribution in [1.29, 1.82) is 0 Å². The molecule has 20 heavy (non-hydrogen) atoms. The molecule has 6 nitrogen and oxygen atoms in total. The van der Waals surface area contributed by atoms with Gasteiger partial charge in [-0.05, 0) is 30.7 Å². The molecule has 1 rings (SSSR count). The van der Waals surface area contributed by atoms with Gasteiger partial charge in [0.05, 0.1) is 6.54 Å². The van der Waals surface area contributed by atoms with Crippen LogP contribution in [0, 0.1) is 0 Å². The van der Waals surface area contributed by atoms with Crippen LogP contribution in [0.1, 0.15) is 16.8 Å². The predicted octanol–water partition coefficient (Wildman–Crippen LogP) is 0.611. The second kappa shape index (κ2) is 8.92. The summed E-state index contributed by atoms with van der Waals surface area (Å²) in [7, 11) is 3.22. The standard InChI is InChI=1S/C14H21N3O3/c1-15-13(18)10-17-12-6-4-11(5-7-12)14(19)16-8-3-9-20-2/h4-7,17H,3,8-10H2,1-2H3,(H,15,18)(H,16,19). The van der Waals surface area contributed by atoms with Gasteiger partial charge in [-0.1, -0.05) is 0 Å².